The number of anilines is 2. The summed E-state index contributed by atoms with van der Waals surface area (Å²) in [5.74, 6) is -3.54. The Hall–Kier alpha value is -2.08. The zero-order valence-electron chi connectivity index (χ0n) is 10.2. The highest BCUT2D eigenvalue weighted by Crippen LogP contribution is 2.29. The maximum absolute atomic E-state index is 12.3. The first-order valence-electron chi connectivity index (χ1n) is 5.70. The molecule has 0 aromatic heterocycles. The third-order valence-electron chi connectivity index (χ3n) is 2.50. The molecule has 0 unspecified atom stereocenters. The molecular formula is C14H11F2NO2S. The molecule has 2 rings (SSSR count). The number of carboxylic acid groups (broad SMARTS) is 1. The molecule has 0 fully saturated rings. The minimum Gasteiger partial charge on any atom is -0.478 e. The van der Waals surface area contributed by atoms with E-state index in [9.17, 15) is 13.6 Å². The number of hydrogen-bond donors (Lipinski definition) is 2. The van der Waals surface area contributed by atoms with Crippen LogP contribution in [0.3, 0.4) is 0 Å². The van der Waals surface area contributed by atoms with E-state index in [4.69, 9.17) is 5.11 Å². The van der Waals surface area contributed by atoms with Crippen LogP contribution in [-0.4, -0.2) is 16.8 Å². The molecule has 104 valence electrons. The normalized spacial score (nSPS) is 10.6. The third kappa shape index (κ3) is 3.71. The number of hydrogen-bond acceptors (Lipinski definition) is 3. The van der Waals surface area contributed by atoms with E-state index >= 15 is 0 Å². The van der Waals surface area contributed by atoms with Crippen molar-refractivity contribution in [3.63, 3.8) is 0 Å². The lowest BCUT2D eigenvalue weighted by Gasteiger charge is -2.10. The summed E-state index contributed by atoms with van der Waals surface area (Å²) in [7, 11) is 0. The zero-order chi connectivity index (χ0) is 14.5. The molecule has 2 aromatic carbocycles. The molecule has 20 heavy (non-hydrogen) atoms. The number of para-hydroxylation sites is 1. The van der Waals surface area contributed by atoms with Crippen LogP contribution >= 0.6 is 11.8 Å². The lowest BCUT2D eigenvalue weighted by atomic mass is 10.1. The second kappa shape index (κ2) is 6.38. The first-order valence-corrected chi connectivity index (χ1v) is 6.58. The highest BCUT2D eigenvalue weighted by Gasteiger charge is 2.10. The van der Waals surface area contributed by atoms with Gasteiger partial charge in [-0.25, -0.2) is 4.79 Å². The number of rotatable bonds is 5. The molecule has 0 heterocycles. The smallest absolute Gasteiger partial charge is 0.337 e. The molecule has 0 bridgehead atoms. The van der Waals surface area contributed by atoms with Crippen molar-refractivity contribution in [2.75, 3.05) is 5.32 Å². The fourth-order valence-electron chi connectivity index (χ4n) is 1.68. The van der Waals surface area contributed by atoms with Crippen molar-refractivity contribution in [3.8, 4) is 0 Å². The number of alkyl halides is 2. The molecule has 0 radical (unpaired) electrons. The van der Waals surface area contributed by atoms with Gasteiger partial charge < -0.3 is 10.4 Å². The highest BCUT2D eigenvalue weighted by atomic mass is 32.2. The number of aromatic carboxylic acids is 1. The Balaban J connectivity index is 2.24. The van der Waals surface area contributed by atoms with E-state index in [-0.39, 0.29) is 5.56 Å². The first kappa shape index (κ1) is 14.3. The maximum atomic E-state index is 12.3. The molecule has 2 aromatic rings. The summed E-state index contributed by atoms with van der Waals surface area (Å²) in [4.78, 5) is 11.5. The minimum atomic E-state index is -2.49. The molecule has 0 saturated heterocycles. The number of thioether (sulfide) groups is 1. The van der Waals surface area contributed by atoms with Crippen LogP contribution in [0.5, 0.6) is 0 Å². The van der Waals surface area contributed by atoms with Crippen LogP contribution in [0.4, 0.5) is 20.2 Å². The van der Waals surface area contributed by atoms with Crippen LogP contribution < -0.4 is 5.32 Å². The van der Waals surface area contributed by atoms with Crippen LogP contribution in [0.2, 0.25) is 0 Å². The van der Waals surface area contributed by atoms with Crippen molar-refractivity contribution >= 4 is 29.1 Å². The number of halogens is 2. The number of nitrogens with one attached hydrogen (secondary N) is 1. The molecule has 2 N–H and O–H groups in total. The summed E-state index contributed by atoms with van der Waals surface area (Å²) in [5.41, 5.74) is 1.10. The van der Waals surface area contributed by atoms with Gasteiger partial charge in [0.2, 0.25) is 0 Å². The Morgan fingerprint density at radius 3 is 2.60 bits per heavy atom. The van der Waals surface area contributed by atoms with Gasteiger partial charge in [-0.1, -0.05) is 30.0 Å². The predicted octanol–water partition coefficient (Wildman–Crippen LogP) is 4.44. The van der Waals surface area contributed by atoms with Crippen molar-refractivity contribution in [3.05, 3.63) is 54.1 Å². The molecule has 0 saturated carbocycles. The summed E-state index contributed by atoms with van der Waals surface area (Å²) in [6.07, 6.45) is 0. The van der Waals surface area contributed by atoms with Crippen LogP contribution in [-0.2, 0) is 0 Å². The fourth-order valence-corrected chi connectivity index (χ4v) is 2.24. The highest BCUT2D eigenvalue weighted by molar-refractivity contribution is 7.99. The fraction of sp³-hybridized carbons (Fsp3) is 0.0714. The van der Waals surface area contributed by atoms with E-state index in [1.165, 1.54) is 6.07 Å². The van der Waals surface area contributed by atoms with Crippen molar-refractivity contribution in [1.82, 2.24) is 0 Å². The minimum absolute atomic E-state index is 0.124. The quantitative estimate of drug-likeness (QED) is 0.800. The second-order valence-electron chi connectivity index (χ2n) is 3.88. The van der Waals surface area contributed by atoms with Gasteiger partial charge in [-0.3, -0.25) is 0 Å². The Morgan fingerprint density at radius 2 is 1.90 bits per heavy atom. The first-order chi connectivity index (χ1) is 9.56. The molecule has 0 atom stereocenters. The van der Waals surface area contributed by atoms with Gasteiger partial charge in [-0.15, -0.1) is 0 Å². The van der Waals surface area contributed by atoms with Crippen LogP contribution in [0.15, 0.2) is 53.4 Å². The van der Waals surface area contributed by atoms with Gasteiger partial charge in [0.15, 0.2) is 0 Å². The maximum Gasteiger partial charge on any atom is 0.337 e. The van der Waals surface area contributed by atoms with E-state index in [1.807, 2.05) is 0 Å². The molecule has 0 aliphatic carbocycles. The van der Waals surface area contributed by atoms with Crippen LogP contribution in [0.1, 0.15) is 10.4 Å². The lowest BCUT2D eigenvalue weighted by Crippen LogP contribution is -2.02. The Morgan fingerprint density at radius 1 is 1.15 bits per heavy atom. The van der Waals surface area contributed by atoms with Gasteiger partial charge >= 0.3 is 5.97 Å². The molecule has 3 nitrogen and oxygen atoms in total. The van der Waals surface area contributed by atoms with Crippen molar-refractivity contribution in [2.24, 2.45) is 0 Å². The van der Waals surface area contributed by atoms with Crippen molar-refractivity contribution < 1.29 is 18.7 Å². The van der Waals surface area contributed by atoms with Gasteiger partial charge in [0.05, 0.1) is 11.3 Å². The summed E-state index contributed by atoms with van der Waals surface area (Å²) >= 11 is 0.444. The van der Waals surface area contributed by atoms with E-state index < -0.39 is 11.7 Å². The standard InChI is InChI=1S/C14H11F2NO2S/c15-14(16)20-10-5-3-4-9(8-10)17-12-7-2-1-6-11(12)13(18)19/h1-8,14,17H,(H,18,19). The lowest BCUT2D eigenvalue weighted by molar-refractivity contribution is 0.0698. The number of carbonyl (C=O) groups is 1. The van der Waals surface area contributed by atoms with Gasteiger partial charge in [-0.2, -0.15) is 8.78 Å². The predicted molar refractivity (Wildman–Crippen MR) is 75.0 cm³/mol. The average Bonchev–Trinajstić information content (AvgIpc) is 2.38. The zero-order valence-corrected chi connectivity index (χ0v) is 11.0. The largest absolute Gasteiger partial charge is 0.478 e. The Labute approximate surface area is 118 Å². The van der Waals surface area contributed by atoms with Crippen LogP contribution in [0.25, 0.3) is 0 Å². The molecule has 6 heteroatoms. The van der Waals surface area contributed by atoms with E-state index in [1.54, 1.807) is 42.5 Å². The Bertz CT molecular complexity index is 620. The van der Waals surface area contributed by atoms with Gasteiger partial charge in [-0.05, 0) is 30.3 Å². The number of benzene rings is 2. The molecule has 0 aliphatic rings. The second-order valence-corrected chi connectivity index (χ2v) is 4.95. The Kier molecular flexibility index (Phi) is 4.57. The average molecular weight is 295 g/mol. The SMILES string of the molecule is O=C(O)c1ccccc1Nc1cccc(SC(F)F)c1. The summed E-state index contributed by atoms with van der Waals surface area (Å²) in [6, 6.07) is 12.9. The van der Waals surface area contributed by atoms with E-state index in [0.717, 1.165) is 0 Å². The topological polar surface area (TPSA) is 49.3 Å². The summed E-state index contributed by atoms with van der Waals surface area (Å²) < 4.78 is 24.6. The molecule has 0 amide bonds. The van der Waals surface area contributed by atoms with Crippen LogP contribution in [0, 0.1) is 0 Å². The van der Waals surface area contributed by atoms with Gasteiger partial charge in [0, 0.05) is 10.6 Å². The van der Waals surface area contributed by atoms with E-state index in [0.29, 0.717) is 28.0 Å². The molecule has 0 spiro atoms. The number of carboxylic acids is 1. The van der Waals surface area contributed by atoms with Crippen molar-refractivity contribution in [1.29, 1.82) is 0 Å². The van der Waals surface area contributed by atoms with Gasteiger partial charge in [0.1, 0.15) is 0 Å². The third-order valence-corrected chi connectivity index (χ3v) is 3.20. The molecular weight excluding hydrogens is 284 g/mol. The summed E-state index contributed by atoms with van der Waals surface area (Å²) in [6.45, 7) is 0. The monoisotopic (exact) mass is 295 g/mol. The van der Waals surface area contributed by atoms with Gasteiger partial charge in [0.25, 0.3) is 5.76 Å². The molecule has 0 aliphatic heterocycles. The summed E-state index contributed by atoms with van der Waals surface area (Å²) in [5, 5.41) is 12.0. The van der Waals surface area contributed by atoms with Crippen molar-refractivity contribution in [2.45, 2.75) is 10.7 Å². The van der Waals surface area contributed by atoms with E-state index in [2.05, 4.69) is 5.32 Å².